The van der Waals surface area contributed by atoms with Gasteiger partial charge >= 0.3 is 0 Å². The van der Waals surface area contributed by atoms with Crippen molar-refractivity contribution >= 4 is 11.6 Å². The van der Waals surface area contributed by atoms with E-state index in [4.69, 9.17) is 14.8 Å². The standard InChI is InChI=1S/C24H24FN5O2/c1-28-11-4-6-20(28)24(31)29-12-3-5-17(14-29)23-26-22-10-7-16(15-30(22)27-23)19-13-18(25)8-9-21(19)32-2/h4,6-11,13,15,17H,3,5,12,14H2,1-2H3/t17-/m1/s1. The molecule has 0 bridgehead atoms. The van der Waals surface area contributed by atoms with Gasteiger partial charge in [-0.05, 0) is 55.3 Å². The second kappa shape index (κ2) is 8.11. The van der Waals surface area contributed by atoms with Crippen LogP contribution in [0.2, 0.25) is 0 Å². The number of benzene rings is 1. The van der Waals surface area contributed by atoms with Gasteiger partial charge in [-0.1, -0.05) is 0 Å². The second-order valence-corrected chi connectivity index (χ2v) is 8.13. The van der Waals surface area contributed by atoms with Gasteiger partial charge in [-0.15, -0.1) is 0 Å². The van der Waals surface area contributed by atoms with Crippen LogP contribution in [-0.2, 0) is 7.05 Å². The Labute approximate surface area is 185 Å². The van der Waals surface area contributed by atoms with Gasteiger partial charge in [-0.2, -0.15) is 5.10 Å². The first kappa shape index (κ1) is 20.2. The number of aryl methyl sites for hydroxylation is 1. The van der Waals surface area contributed by atoms with Crippen molar-refractivity contribution < 1.29 is 13.9 Å². The number of carbonyl (C=O) groups excluding carboxylic acids is 1. The van der Waals surface area contributed by atoms with Crippen LogP contribution < -0.4 is 4.74 Å². The van der Waals surface area contributed by atoms with Gasteiger partial charge in [0.2, 0.25) is 0 Å². The zero-order valence-corrected chi connectivity index (χ0v) is 18.0. The van der Waals surface area contributed by atoms with E-state index in [0.717, 1.165) is 30.8 Å². The van der Waals surface area contributed by atoms with Crippen molar-refractivity contribution in [2.75, 3.05) is 20.2 Å². The number of fused-ring (bicyclic) bond motifs is 1. The number of piperidine rings is 1. The molecule has 1 aliphatic rings. The number of carbonyl (C=O) groups is 1. The summed E-state index contributed by atoms with van der Waals surface area (Å²) < 4.78 is 22.8. The first-order valence-corrected chi connectivity index (χ1v) is 10.6. The van der Waals surface area contributed by atoms with Gasteiger partial charge in [0.1, 0.15) is 17.3 Å². The van der Waals surface area contributed by atoms with E-state index < -0.39 is 0 Å². The van der Waals surface area contributed by atoms with Crippen molar-refractivity contribution in [3.8, 4) is 16.9 Å². The number of aromatic nitrogens is 4. The predicted octanol–water partition coefficient (Wildman–Crippen LogP) is 3.90. The number of methoxy groups -OCH3 is 1. The van der Waals surface area contributed by atoms with E-state index in [1.807, 2.05) is 53.2 Å². The number of hydrogen-bond acceptors (Lipinski definition) is 4. The summed E-state index contributed by atoms with van der Waals surface area (Å²) in [6.45, 7) is 1.32. The van der Waals surface area contributed by atoms with Crippen LogP contribution in [0.1, 0.15) is 35.1 Å². The molecule has 0 saturated carbocycles. The summed E-state index contributed by atoms with van der Waals surface area (Å²) in [7, 11) is 3.44. The average molecular weight is 433 g/mol. The van der Waals surface area contributed by atoms with Crippen LogP contribution in [0.3, 0.4) is 0 Å². The SMILES string of the molecule is COc1ccc(F)cc1-c1ccc2nc([C@@H]3CCCN(C(=O)c4cccn4C)C3)nn2c1. The number of hydrogen-bond donors (Lipinski definition) is 0. The molecule has 0 radical (unpaired) electrons. The third-order valence-corrected chi connectivity index (χ3v) is 6.06. The zero-order chi connectivity index (χ0) is 22.2. The van der Waals surface area contributed by atoms with E-state index in [1.165, 1.54) is 12.1 Å². The number of ether oxygens (including phenoxy) is 1. The number of likely N-dealkylation sites (tertiary alicyclic amines) is 1. The largest absolute Gasteiger partial charge is 0.496 e. The maximum Gasteiger partial charge on any atom is 0.270 e. The van der Waals surface area contributed by atoms with Crippen molar-refractivity contribution in [1.82, 2.24) is 24.1 Å². The highest BCUT2D eigenvalue weighted by molar-refractivity contribution is 5.92. The number of rotatable bonds is 4. The smallest absolute Gasteiger partial charge is 0.270 e. The first-order valence-electron chi connectivity index (χ1n) is 10.6. The van der Waals surface area contributed by atoms with Gasteiger partial charge in [-0.25, -0.2) is 13.9 Å². The maximum atomic E-state index is 13.8. The van der Waals surface area contributed by atoms with Crippen molar-refractivity contribution in [3.05, 3.63) is 72.2 Å². The number of pyridine rings is 1. The molecule has 3 aromatic heterocycles. The van der Waals surface area contributed by atoms with Crippen molar-refractivity contribution in [2.45, 2.75) is 18.8 Å². The van der Waals surface area contributed by atoms with Crippen LogP contribution in [0.25, 0.3) is 16.8 Å². The van der Waals surface area contributed by atoms with E-state index in [2.05, 4.69) is 0 Å². The quantitative estimate of drug-likeness (QED) is 0.490. The van der Waals surface area contributed by atoms with E-state index in [-0.39, 0.29) is 17.6 Å². The summed E-state index contributed by atoms with van der Waals surface area (Å²) >= 11 is 0. The molecule has 4 aromatic rings. The van der Waals surface area contributed by atoms with Crippen molar-refractivity contribution in [2.24, 2.45) is 7.05 Å². The fourth-order valence-electron chi connectivity index (χ4n) is 4.36. The minimum absolute atomic E-state index is 0.0337. The monoisotopic (exact) mass is 433 g/mol. The molecule has 5 rings (SSSR count). The topological polar surface area (TPSA) is 64.7 Å². The predicted molar refractivity (Wildman–Crippen MR) is 118 cm³/mol. The van der Waals surface area contributed by atoms with E-state index in [9.17, 15) is 9.18 Å². The van der Waals surface area contributed by atoms with E-state index in [1.54, 1.807) is 17.7 Å². The summed E-state index contributed by atoms with van der Waals surface area (Å²) in [5.41, 5.74) is 2.84. The Balaban J connectivity index is 1.42. The third kappa shape index (κ3) is 3.62. The van der Waals surface area contributed by atoms with Gasteiger partial charge in [0.25, 0.3) is 5.91 Å². The normalized spacial score (nSPS) is 16.5. The number of amides is 1. The zero-order valence-electron chi connectivity index (χ0n) is 18.0. The Hall–Kier alpha value is -3.68. The minimum Gasteiger partial charge on any atom is -0.496 e. The molecule has 1 aromatic carbocycles. The van der Waals surface area contributed by atoms with E-state index >= 15 is 0 Å². The molecule has 1 amide bonds. The van der Waals surface area contributed by atoms with Crippen LogP contribution in [0.5, 0.6) is 5.75 Å². The first-order chi connectivity index (χ1) is 15.5. The van der Waals surface area contributed by atoms with Gasteiger partial charge in [-0.3, -0.25) is 4.79 Å². The lowest BCUT2D eigenvalue weighted by Crippen LogP contribution is -2.40. The molecule has 8 heteroatoms. The van der Waals surface area contributed by atoms with Crippen LogP contribution in [0.15, 0.2) is 54.9 Å². The Kier molecular flexibility index (Phi) is 5.13. The highest BCUT2D eigenvalue weighted by Crippen LogP contribution is 2.31. The molecule has 0 unspecified atom stereocenters. The molecule has 4 heterocycles. The molecule has 0 aliphatic carbocycles. The van der Waals surface area contributed by atoms with Crippen molar-refractivity contribution in [3.63, 3.8) is 0 Å². The van der Waals surface area contributed by atoms with Crippen LogP contribution in [0, 0.1) is 5.82 Å². The Morgan fingerprint density at radius 2 is 2.09 bits per heavy atom. The molecular weight excluding hydrogens is 409 g/mol. The van der Waals surface area contributed by atoms with Gasteiger partial charge < -0.3 is 14.2 Å². The molecule has 1 fully saturated rings. The maximum absolute atomic E-state index is 13.8. The third-order valence-electron chi connectivity index (χ3n) is 6.06. The van der Waals surface area contributed by atoms with Crippen LogP contribution >= 0.6 is 0 Å². The Morgan fingerprint density at radius 3 is 2.88 bits per heavy atom. The summed E-state index contributed by atoms with van der Waals surface area (Å²) in [6, 6.07) is 11.9. The molecule has 0 N–H and O–H groups in total. The number of halogens is 1. The molecular formula is C24H24FN5O2. The lowest BCUT2D eigenvalue weighted by atomic mass is 9.97. The highest BCUT2D eigenvalue weighted by Gasteiger charge is 2.29. The molecule has 1 aliphatic heterocycles. The summed E-state index contributed by atoms with van der Waals surface area (Å²) in [6.07, 6.45) is 5.54. The Bertz CT molecular complexity index is 1290. The van der Waals surface area contributed by atoms with E-state index in [0.29, 0.717) is 29.2 Å². The summed E-state index contributed by atoms with van der Waals surface area (Å²) in [5, 5.41) is 4.70. The molecule has 7 nitrogen and oxygen atoms in total. The fraction of sp³-hybridized carbons (Fsp3) is 0.292. The molecule has 1 atom stereocenters. The highest BCUT2D eigenvalue weighted by atomic mass is 19.1. The van der Waals surface area contributed by atoms with Gasteiger partial charge in [0, 0.05) is 49.6 Å². The van der Waals surface area contributed by atoms with Gasteiger partial charge in [0.05, 0.1) is 7.11 Å². The van der Waals surface area contributed by atoms with Crippen molar-refractivity contribution in [1.29, 1.82) is 0 Å². The van der Waals surface area contributed by atoms with Crippen LogP contribution in [0.4, 0.5) is 4.39 Å². The number of nitrogens with zero attached hydrogens (tertiary/aromatic N) is 5. The van der Waals surface area contributed by atoms with Crippen LogP contribution in [-0.4, -0.2) is 50.2 Å². The second-order valence-electron chi connectivity index (χ2n) is 8.13. The summed E-state index contributed by atoms with van der Waals surface area (Å²) in [5.74, 6) is 1.09. The lowest BCUT2D eigenvalue weighted by molar-refractivity contribution is 0.0695. The lowest BCUT2D eigenvalue weighted by Gasteiger charge is -2.31. The molecule has 164 valence electrons. The average Bonchev–Trinajstić information content (AvgIpc) is 3.44. The van der Waals surface area contributed by atoms with Gasteiger partial charge in [0.15, 0.2) is 11.5 Å². The molecule has 1 saturated heterocycles. The molecule has 0 spiro atoms. The summed E-state index contributed by atoms with van der Waals surface area (Å²) in [4.78, 5) is 19.5. The molecule has 32 heavy (non-hydrogen) atoms. The Morgan fingerprint density at radius 1 is 1.22 bits per heavy atom. The fourth-order valence-corrected chi connectivity index (χ4v) is 4.36. The minimum atomic E-state index is -0.328.